The van der Waals surface area contributed by atoms with E-state index in [-0.39, 0.29) is 5.82 Å². The van der Waals surface area contributed by atoms with Gasteiger partial charge in [-0.3, -0.25) is 0 Å². The van der Waals surface area contributed by atoms with Gasteiger partial charge in [0.15, 0.2) is 11.6 Å². The molecule has 1 aliphatic rings. The molecule has 1 N–H and O–H groups in total. The molecular formula is C11H15ClFN3. The van der Waals surface area contributed by atoms with E-state index in [1.165, 1.54) is 12.3 Å². The van der Waals surface area contributed by atoms with Gasteiger partial charge in [-0.05, 0) is 26.0 Å². The van der Waals surface area contributed by atoms with E-state index < -0.39 is 0 Å². The van der Waals surface area contributed by atoms with Crippen LogP contribution in [0.3, 0.4) is 0 Å². The summed E-state index contributed by atoms with van der Waals surface area (Å²) >= 11 is 5.68. The van der Waals surface area contributed by atoms with Gasteiger partial charge in [-0.25, -0.2) is 9.37 Å². The molecule has 1 aromatic heterocycles. The van der Waals surface area contributed by atoms with Crippen LogP contribution < -0.4 is 10.2 Å². The summed E-state index contributed by atoms with van der Waals surface area (Å²) in [5.74, 6) is 0.0635. The Morgan fingerprint density at radius 2 is 2.44 bits per heavy atom. The Bertz CT molecular complexity index is 372. The molecule has 3 nitrogen and oxygen atoms in total. The first-order chi connectivity index (χ1) is 7.70. The zero-order chi connectivity index (χ0) is 11.5. The van der Waals surface area contributed by atoms with Crippen LogP contribution in [0, 0.1) is 5.82 Å². The Morgan fingerprint density at radius 1 is 1.62 bits per heavy atom. The van der Waals surface area contributed by atoms with Gasteiger partial charge in [0.25, 0.3) is 0 Å². The van der Waals surface area contributed by atoms with Crippen molar-refractivity contribution in [3.8, 4) is 0 Å². The van der Waals surface area contributed by atoms with Crippen molar-refractivity contribution in [2.75, 3.05) is 25.0 Å². The average Bonchev–Trinajstić information content (AvgIpc) is 2.29. The molecule has 5 heteroatoms. The quantitative estimate of drug-likeness (QED) is 0.862. The summed E-state index contributed by atoms with van der Waals surface area (Å²) in [4.78, 5) is 6.03. The van der Waals surface area contributed by atoms with Crippen molar-refractivity contribution in [3.63, 3.8) is 0 Å². The van der Waals surface area contributed by atoms with Crippen molar-refractivity contribution in [2.24, 2.45) is 0 Å². The topological polar surface area (TPSA) is 28.2 Å². The van der Waals surface area contributed by atoms with Crippen LogP contribution in [-0.2, 0) is 0 Å². The Kier molecular flexibility index (Phi) is 3.61. The van der Waals surface area contributed by atoms with Crippen LogP contribution >= 0.6 is 11.6 Å². The maximum Gasteiger partial charge on any atom is 0.167 e. The molecule has 2 rings (SSSR count). The maximum atomic E-state index is 13.7. The number of pyridine rings is 1. The third-order valence-corrected chi connectivity index (χ3v) is 3.12. The molecule has 0 aromatic carbocycles. The number of anilines is 1. The van der Waals surface area contributed by atoms with Crippen LogP contribution in [0.15, 0.2) is 12.3 Å². The van der Waals surface area contributed by atoms with E-state index in [0.29, 0.717) is 16.9 Å². The molecule has 0 saturated carbocycles. The van der Waals surface area contributed by atoms with Crippen molar-refractivity contribution in [1.82, 2.24) is 10.3 Å². The first-order valence-corrected chi connectivity index (χ1v) is 5.81. The number of nitrogens with one attached hydrogen (secondary N) is 1. The minimum Gasteiger partial charge on any atom is -0.353 e. The SMILES string of the molecule is CNC1CCCN(c2ncc(Cl)cc2F)C1. The van der Waals surface area contributed by atoms with Crippen LogP contribution in [0.2, 0.25) is 5.02 Å². The van der Waals surface area contributed by atoms with Crippen molar-refractivity contribution in [1.29, 1.82) is 0 Å². The summed E-state index contributed by atoms with van der Waals surface area (Å²) in [6.07, 6.45) is 3.67. The van der Waals surface area contributed by atoms with Crippen LogP contribution in [0.1, 0.15) is 12.8 Å². The lowest BCUT2D eigenvalue weighted by Gasteiger charge is -2.33. The van der Waals surface area contributed by atoms with Gasteiger partial charge in [-0.1, -0.05) is 11.6 Å². The highest BCUT2D eigenvalue weighted by atomic mass is 35.5. The van der Waals surface area contributed by atoms with E-state index >= 15 is 0 Å². The zero-order valence-corrected chi connectivity index (χ0v) is 9.97. The number of hydrogen-bond acceptors (Lipinski definition) is 3. The van der Waals surface area contributed by atoms with Gasteiger partial charge >= 0.3 is 0 Å². The minimum atomic E-state index is -0.343. The third kappa shape index (κ3) is 2.44. The van der Waals surface area contributed by atoms with Crippen LogP contribution in [0.25, 0.3) is 0 Å². The van der Waals surface area contributed by atoms with Crippen molar-refractivity contribution in [2.45, 2.75) is 18.9 Å². The van der Waals surface area contributed by atoms with Gasteiger partial charge < -0.3 is 10.2 Å². The van der Waals surface area contributed by atoms with E-state index in [9.17, 15) is 4.39 Å². The van der Waals surface area contributed by atoms with E-state index in [1.807, 2.05) is 11.9 Å². The van der Waals surface area contributed by atoms with E-state index in [4.69, 9.17) is 11.6 Å². The van der Waals surface area contributed by atoms with Crippen LogP contribution in [0.5, 0.6) is 0 Å². The molecule has 0 aliphatic carbocycles. The van der Waals surface area contributed by atoms with Gasteiger partial charge in [0, 0.05) is 25.3 Å². The molecule has 1 aromatic rings. The fourth-order valence-electron chi connectivity index (χ4n) is 2.05. The highest BCUT2D eigenvalue weighted by Gasteiger charge is 2.21. The van der Waals surface area contributed by atoms with Gasteiger partial charge in [-0.2, -0.15) is 0 Å². The molecule has 0 spiro atoms. The molecule has 1 saturated heterocycles. The molecule has 88 valence electrons. The standard InChI is InChI=1S/C11H15ClFN3/c1-14-9-3-2-4-16(7-9)11-10(13)5-8(12)6-15-11/h5-6,9,14H,2-4,7H2,1H3. The van der Waals surface area contributed by atoms with Gasteiger partial charge in [0.05, 0.1) is 5.02 Å². The second-order valence-electron chi connectivity index (χ2n) is 4.03. The first kappa shape index (κ1) is 11.6. The zero-order valence-electron chi connectivity index (χ0n) is 9.21. The van der Waals surface area contributed by atoms with E-state index in [2.05, 4.69) is 10.3 Å². The van der Waals surface area contributed by atoms with Crippen molar-refractivity contribution < 1.29 is 4.39 Å². The molecule has 0 amide bonds. The number of hydrogen-bond donors (Lipinski definition) is 1. The summed E-state index contributed by atoms with van der Waals surface area (Å²) in [7, 11) is 1.93. The van der Waals surface area contributed by atoms with E-state index in [1.54, 1.807) is 0 Å². The predicted molar refractivity (Wildman–Crippen MR) is 63.5 cm³/mol. The molecule has 2 heterocycles. The number of nitrogens with zero attached hydrogens (tertiary/aromatic N) is 2. The van der Waals surface area contributed by atoms with Crippen molar-refractivity contribution >= 4 is 17.4 Å². The molecule has 0 bridgehead atoms. The number of halogens is 2. The molecule has 0 radical (unpaired) electrons. The Morgan fingerprint density at radius 3 is 3.12 bits per heavy atom. The summed E-state index contributed by atoms with van der Waals surface area (Å²) in [6, 6.07) is 1.72. The second kappa shape index (κ2) is 4.97. The van der Waals surface area contributed by atoms with E-state index in [0.717, 1.165) is 25.9 Å². The molecular weight excluding hydrogens is 229 g/mol. The molecule has 16 heavy (non-hydrogen) atoms. The molecule has 1 fully saturated rings. The minimum absolute atomic E-state index is 0.337. The third-order valence-electron chi connectivity index (χ3n) is 2.92. The summed E-state index contributed by atoms with van der Waals surface area (Å²) in [6.45, 7) is 1.64. The fourth-order valence-corrected chi connectivity index (χ4v) is 2.19. The summed E-state index contributed by atoms with van der Waals surface area (Å²) in [5, 5.41) is 3.55. The monoisotopic (exact) mass is 243 g/mol. The Balaban J connectivity index is 2.16. The van der Waals surface area contributed by atoms with Gasteiger partial charge in [0.1, 0.15) is 0 Å². The Labute approximate surface area is 99.6 Å². The normalized spacial score (nSPS) is 21.2. The lowest BCUT2D eigenvalue weighted by molar-refractivity contribution is 0.442. The fraction of sp³-hybridized carbons (Fsp3) is 0.545. The maximum absolute atomic E-state index is 13.7. The largest absolute Gasteiger partial charge is 0.353 e. The molecule has 1 atom stereocenters. The van der Waals surface area contributed by atoms with Crippen LogP contribution in [0.4, 0.5) is 10.2 Å². The van der Waals surface area contributed by atoms with Crippen molar-refractivity contribution in [3.05, 3.63) is 23.1 Å². The molecule has 1 aliphatic heterocycles. The number of likely N-dealkylation sites (N-methyl/N-ethyl adjacent to an activating group) is 1. The second-order valence-corrected chi connectivity index (χ2v) is 4.47. The lowest BCUT2D eigenvalue weighted by atomic mass is 10.1. The highest BCUT2D eigenvalue weighted by molar-refractivity contribution is 6.30. The lowest BCUT2D eigenvalue weighted by Crippen LogP contribution is -2.45. The van der Waals surface area contributed by atoms with Gasteiger partial charge in [-0.15, -0.1) is 0 Å². The summed E-state index contributed by atoms with van der Waals surface area (Å²) in [5.41, 5.74) is 0. The number of aromatic nitrogens is 1. The van der Waals surface area contributed by atoms with Crippen LogP contribution in [-0.4, -0.2) is 31.2 Å². The first-order valence-electron chi connectivity index (χ1n) is 5.44. The average molecular weight is 244 g/mol. The highest BCUT2D eigenvalue weighted by Crippen LogP contribution is 2.22. The number of rotatable bonds is 2. The summed E-state index contributed by atoms with van der Waals surface area (Å²) < 4.78 is 13.7. The predicted octanol–water partition coefficient (Wildman–Crippen LogP) is 2.06. The molecule has 1 unspecified atom stereocenters. The van der Waals surface area contributed by atoms with Gasteiger partial charge in [0.2, 0.25) is 0 Å². The smallest absolute Gasteiger partial charge is 0.167 e. The Hall–Kier alpha value is -0.870. The number of piperidine rings is 1.